The van der Waals surface area contributed by atoms with Crippen molar-refractivity contribution in [2.24, 2.45) is 0 Å². The van der Waals surface area contributed by atoms with Crippen LogP contribution in [0.4, 0.5) is 0 Å². The minimum atomic E-state index is -0.104. The molecule has 3 aromatic rings. The Balaban J connectivity index is 1.79. The van der Waals surface area contributed by atoms with Crippen LogP contribution in [0.15, 0.2) is 60.7 Å². The van der Waals surface area contributed by atoms with Gasteiger partial charge in [0.05, 0.1) is 11.4 Å². The number of allylic oxidation sites excluding steroid dienone is 1. The largest absolute Gasteiger partial charge is 0.479 e. The predicted molar refractivity (Wildman–Crippen MR) is 104 cm³/mol. The number of carbonyl (C=O) groups is 1. The molecular weight excluding hydrogens is 338 g/mol. The Morgan fingerprint density at radius 3 is 2.52 bits per heavy atom. The zero-order valence-corrected chi connectivity index (χ0v) is 15.2. The van der Waals surface area contributed by atoms with Crippen molar-refractivity contribution in [2.45, 2.75) is 13.8 Å². The molecule has 0 spiro atoms. The van der Waals surface area contributed by atoms with Gasteiger partial charge in [-0.2, -0.15) is 10.4 Å². The molecule has 5 heteroatoms. The first kappa shape index (κ1) is 18.2. The number of ketones is 1. The quantitative estimate of drug-likeness (QED) is 0.487. The molecule has 2 aromatic carbocycles. The molecule has 0 saturated carbocycles. The van der Waals surface area contributed by atoms with Crippen LogP contribution in [-0.2, 0) is 0 Å². The van der Waals surface area contributed by atoms with Crippen molar-refractivity contribution in [3.8, 4) is 17.5 Å². The monoisotopic (exact) mass is 357 g/mol. The lowest BCUT2D eigenvalue weighted by Crippen LogP contribution is -1.98. The lowest BCUT2D eigenvalue weighted by atomic mass is 10.1. The van der Waals surface area contributed by atoms with Crippen molar-refractivity contribution in [2.75, 3.05) is 6.61 Å². The van der Waals surface area contributed by atoms with Gasteiger partial charge < -0.3 is 4.74 Å². The zero-order chi connectivity index (χ0) is 19.2. The Morgan fingerprint density at radius 2 is 1.85 bits per heavy atom. The second-order valence-corrected chi connectivity index (χ2v) is 6.00. The van der Waals surface area contributed by atoms with Crippen LogP contribution in [0.25, 0.3) is 11.8 Å². The first-order valence-electron chi connectivity index (χ1n) is 8.54. The molecule has 0 unspecified atom stereocenters. The van der Waals surface area contributed by atoms with Gasteiger partial charge >= 0.3 is 0 Å². The fourth-order valence-corrected chi connectivity index (χ4v) is 2.80. The first-order valence-corrected chi connectivity index (χ1v) is 8.54. The highest BCUT2D eigenvalue weighted by atomic mass is 16.5. The van der Waals surface area contributed by atoms with Gasteiger partial charge in [0.15, 0.2) is 12.4 Å². The summed E-state index contributed by atoms with van der Waals surface area (Å²) in [6, 6.07) is 18.5. The number of aromatic nitrogens is 2. The molecule has 0 aliphatic rings. The van der Waals surface area contributed by atoms with E-state index in [2.05, 4.69) is 5.10 Å². The smallest absolute Gasteiger partial charge is 0.185 e. The number of hydrogen-bond acceptors (Lipinski definition) is 4. The summed E-state index contributed by atoms with van der Waals surface area (Å²) in [6.45, 7) is 3.90. The number of nitriles is 1. The van der Waals surface area contributed by atoms with Crippen LogP contribution in [0.5, 0.6) is 5.75 Å². The number of carbonyl (C=O) groups excluding carboxylic acids is 1. The predicted octanol–water partition coefficient (Wildman–Crippen LogP) is 4.29. The van der Waals surface area contributed by atoms with Crippen molar-refractivity contribution < 1.29 is 9.53 Å². The highest BCUT2D eigenvalue weighted by Crippen LogP contribution is 2.20. The summed E-state index contributed by atoms with van der Waals surface area (Å²) in [6.07, 6.45) is 3.36. The molecule has 0 saturated heterocycles. The highest BCUT2D eigenvalue weighted by Gasteiger charge is 2.11. The summed E-state index contributed by atoms with van der Waals surface area (Å²) in [5, 5.41) is 13.1. The van der Waals surface area contributed by atoms with E-state index in [0.717, 1.165) is 22.6 Å². The van der Waals surface area contributed by atoms with E-state index in [1.165, 1.54) is 0 Å². The second-order valence-electron chi connectivity index (χ2n) is 6.00. The van der Waals surface area contributed by atoms with E-state index >= 15 is 0 Å². The third kappa shape index (κ3) is 4.13. The van der Waals surface area contributed by atoms with Gasteiger partial charge in [0.1, 0.15) is 11.8 Å². The molecule has 0 fully saturated rings. The molecular formula is C22H19N3O2. The van der Waals surface area contributed by atoms with Gasteiger partial charge in [-0.15, -0.1) is 0 Å². The molecule has 3 rings (SSSR count). The van der Waals surface area contributed by atoms with E-state index in [4.69, 9.17) is 10.00 Å². The maximum atomic E-state index is 12.4. The standard InChI is InChI=1S/C22H19N3O2/c1-16-21(17(2)25(24-16)19-6-4-3-5-7-19)12-13-22(26)18-8-10-20(11-9-18)27-15-14-23/h3-13H,15H2,1-2H3/b13-12+. The Bertz CT molecular complexity index is 1010. The van der Waals surface area contributed by atoms with Gasteiger partial charge in [-0.1, -0.05) is 18.2 Å². The maximum absolute atomic E-state index is 12.4. The number of hydrogen-bond donors (Lipinski definition) is 0. The van der Waals surface area contributed by atoms with Gasteiger partial charge in [0.25, 0.3) is 0 Å². The second kappa shape index (κ2) is 8.15. The Kier molecular flexibility index (Phi) is 5.48. The van der Waals surface area contributed by atoms with Gasteiger partial charge in [0.2, 0.25) is 0 Å². The summed E-state index contributed by atoms with van der Waals surface area (Å²) < 4.78 is 7.07. The van der Waals surface area contributed by atoms with E-state index < -0.39 is 0 Å². The number of nitrogens with zero attached hydrogens (tertiary/aromatic N) is 3. The summed E-state index contributed by atoms with van der Waals surface area (Å²) in [4.78, 5) is 12.4. The summed E-state index contributed by atoms with van der Waals surface area (Å²) in [5.41, 5.74) is 4.31. The minimum Gasteiger partial charge on any atom is -0.479 e. The molecule has 0 N–H and O–H groups in total. The lowest BCUT2D eigenvalue weighted by molar-refractivity contribution is 0.104. The maximum Gasteiger partial charge on any atom is 0.185 e. The van der Waals surface area contributed by atoms with E-state index in [-0.39, 0.29) is 12.4 Å². The van der Waals surface area contributed by atoms with Crippen molar-refractivity contribution in [1.29, 1.82) is 5.26 Å². The average Bonchev–Trinajstić information content (AvgIpc) is 2.99. The van der Waals surface area contributed by atoms with Crippen LogP contribution in [0.2, 0.25) is 0 Å². The normalized spacial score (nSPS) is 10.7. The SMILES string of the molecule is Cc1nn(-c2ccccc2)c(C)c1/C=C/C(=O)c1ccc(OCC#N)cc1. The third-order valence-corrected chi connectivity index (χ3v) is 4.19. The molecule has 0 atom stereocenters. The van der Waals surface area contributed by atoms with E-state index in [9.17, 15) is 4.79 Å². The van der Waals surface area contributed by atoms with Gasteiger partial charge in [0, 0.05) is 16.8 Å². The van der Waals surface area contributed by atoms with Gasteiger partial charge in [-0.05, 0) is 62.4 Å². The highest BCUT2D eigenvalue weighted by molar-refractivity contribution is 6.07. The summed E-state index contributed by atoms with van der Waals surface area (Å²) >= 11 is 0. The van der Waals surface area contributed by atoms with Crippen molar-refractivity contribution >= 4 is 11.9 Å². The Morgan fingerprint density at radius 1 is 1.15 bits per heavy atom. The molecule has 1 aromatic heterocycles. The number of para-hydroxylation sites is 1. The molecule has 0 aliphatic heterocycles. The molecule has 27 heavy (non-hydrogen) atoms. The van der Waals surface area contributed by atoms with Crippen LogP contribution in [0.3, 0.4) is 0 Å². The van der Waals surface area contributed by atoms with Gasteiger partial charge in [-0.3, -0.25) is 4.79 Å². The fourth-order valence-electron chi connectivity index (χ4n) is 2.80. The van der Waals surface area contributed by atoms with Crippen LogP contribution in [0.1, 0.15) is 27.3 Å². The Hall–Kier alpha value is -3.65. The van der Waals surface area contributed by atoms with Crippen molar-refractivity contribution in [1.82, 2.24) is 9.78 Å². The molecule has 0 aliphatic carbocycles. The molecule has 134 valence electrons. The fraction of sp³-hybridized carbons (Fsp3) is 0.136. The van der Waals surface area contributed by atoms with E-state index in [0.29, 0.717) is 11.3 Å². The zero-order valence-electron chi connectivity index (χ0n) is 15.2. The topological polar surface area (TPSA) is 67.9 Å². The Labute approximate surface area is 158 Å². The van der Waals surface area contributed by atoms with Crippen LogP contribution >= 0.6 is 0 Å². The van der Waals surface area contributed by atoms with Crippen LogP contribution in [0, 0.1) is 25.2 Å². The molecule has 5 nitrogen and oxygen atoms in total. The third-order valence-electron chi connectivity index (χ3n) is 4.19. The van der Waals surface area contributed by atoms with Crippen molar-refractivity contribution in [3.05, 3.63) is 83.2 Å². The lowest BCUT2D eigenvalue weighted by Gasteiger charge is -2.03. The van der Waals surface area contributed by atoms with Gasteiger partial charge in [-0.25, -0.2) is 4.68 Å². The van der Waals surface area contributed by atoms with Crippen LogP contribution < -0.4 is 4.74 Å². The van der Waals surface area contributed by atoms with Crippen molar-refractivity contribution in [3.63, 3.8) is 0 Å². The minimum absolute atomic E-state index is 0.0167. The van der Waals surface area contributed by atoms with E-state index in [1.807, 2.05) is 54.9 Å². The summed E-state index contributed by atoms with van der Waals surface area (Å²) in [7, 11) is 0. The number of rotatable bonds is 6. The number of ether oxygens (including phenoxy) is 1. The molecule has 0 radical (unpaired) electrons. The summed E-state index contributed by atoms with van der Waals surface area (Å²) in [5.74, 6) is 0.459. The molecule has 0 amide bonds. The number of aryl methyl sites for hydroxylation is 1. The first-order chi connectivity index (χ1) is 13.1. The van der Waals surface area contributed by atoms with E-state index in [1.54, 1.807) is 36.4 Å². The molecule has 0 bridgehead atoms. The molecule has 1 heterocycles. The average molecular weight is 357 g/mol. The van der Waals surface area contributed by atoms with Crippen LogP contribution in [-0.4, -0.2) is 22.2 Å². The number of benzene rings is 2.